The second-order valence-corrected chi connectivity index (χ2v) is 7.53. The minimum Gasteiger partial charge on any atom is -0.468 e. The zero-order valence-corrected chi connectivity index (χ0v) is 14.1. The predicted octanol–water partition coefficient (Wildman–Crippen LogP) is 5.06. The van der Waals surface area contributed by atoms with Gasteiger partial charge in [-0.1, -0.05) is 26.0 Å². The number of fused-ring (bicyclic) bond motifs is 1. The lowest BCUT2D eigenvalue weighted by Crippen LogP contribution is -2.44. The average Bonchev–Trinajstić information content (AvgIpc) is 2.50. The average molecular weight is 302 g/mol. The molecule has 0 heterocycles. The fourth-order valence-corrected chi connectivity index (χ4v) is 3.82. The Balaban J connectivity index is 1.27. The second kappa shape index (κ2) is 7.50. The van der Waals surface area contributed by atoms with Crippen LogP contribution in [-0.2, 0) is 11.2 Å². The van der Waals surface area contributed by atoms with Crippen molar-refractivity contribution in [1.29, 1.82) is 0 Å². The van der Waals surface area contributed by atoms with Crippen LogP contribution in [0.4, 0.5) is 0 Å². The summed E-state index contributed by atoms with van der Waals surface area (Å²) in [6, 6.07) is 8.46. The molecule has 2 saturated carbocycles. The van der Waals surface area contributed by atoms with Crippen molar-refractivity contribution in [1.82, 2.24) is 0 Å². The third-order valence-electron chi connectivity index (χ3n) is 5.56. The van der Waals surface area contributed by atoms with E-state index in [-0.39, 0.29) is 0 Å². The number of hydrogen-bond donors (Lipinski definition) is 0. The number of benzene rings is 1. The van der Waals surface area contributed by atoms with Crippen LogP contribution in [0, 0.1) is 23.7 Å². The molecule has 0 spiro atoms. The minimum atomic E-state index is 0.381. The third kappa shape index (κ3) is 4.04. The van der Waals surface area contributed by atoms with Crippen molar-refractivity contribution in [2.45, 2.75) is 52.4 Å². The Hall–Kier alpha value is -1.02. The van der Waals surface area contributed by atoms with Crippen molar-refractivity contribution in [3.63, 3.8) is 0 Å². The summed E-state index contributed by atoms with van der Waals surface area (Å²) in [4.78, 5) is 0. The fourth-order valence-electron chi connectivity index (χ4n) is 3.82. The lowest BCUT2D eigenvalue weighted by molar-refractivity contribution is -0.0559. The largest absolute Gasteiger partial charge is 0.468 e. The molecule has 2 heteroatoms. The van der Waals surface area contributed by atoms with Gasteiger partial charge in [0, 0.05) is 0 Å². The first kappa shape index (κ1) is 15.9. The summed E-state index contributed by atoms with van der Waals surface area (Å²) >= 11 is 0. The normalized spacial score (nSPS) is 26.2. The summed E-state index contributed by atoms with van der Waals surface area (Å²) in [6.45, 7) is 5.76. The molecule has 2 nitrogen and oxygen atoms in total. The van der Waals surface area contributed by atoms with Gasteiger partial charge in [-0.15, -0.1) is 0 Å². The molecule has 0 bridgehead atoms. The molecule has 122 valence electrons. The molecule has 0 radical (unpaired) electrons. The first-order valence-corrected chi connectivity index (χ1v) is 9.02. The number of aryl methyl sites for hydroxylation is 1. The van der Waals surface area contributed by atoms with Gasteiger partial charge in [-0.05, 0) is 79.9 Å². The maximum atomic E-state index is 5.66. The van der Waals surface area contributed by atoms with E-state index < -0.39 is 0 Å². The lowest BCUT2D eigenvalue weighted by atomic mass is 9.52. The number of hydrogen-bond acceptors (Lipinski definition) is 2. The van der Waals surface area contributed by atoms with E-state index in [4.69, 9.17) is 9.47 Å². The van der Waals surface area contributed by atoms with Gasteiger partial charge >= 0.3 is 0 Å². The molecule has 3 rings (SSSR count). The maximum Gasteiger partial charge on any atom is 0.189 e. The van der Waals surface area contributed by atoms with Crippen LogP contribution in [0.15, 0.2) is 24.3 Å². The summed E-state index contributed by atoms with van der Waals surface area (Å²) in [5, 5.41) is 0. The molecule has 2 fully saturated rings. The van der Waals surface area contributed by atoms with Crippen molar-refractivity contribution in [3.05, 3.63) is 29.8 Å². The highest BCUT2D eigenvalue weighted by atomic mass is 16.7. The molecule has 22 heavy (non-hydrogen) atoms. The van der Waals surface area contributed by atoms with Crippen LogP contribution in [0.3, 0.4) is 0 Å². The smallest absolute Gasteiger partial charge is 0.189 e. The van der Waals surface area contributed by atoms with Gasteiger partial charge in [-0.3, -0.25) is 0 Å². The molecule has 0 saturated heterocycles. The van der Waals surface area contributed by atoms with E-state index in [2.05, 4.69) is 38.1 Å². The number of rotatable bonds is 9. The highest BCUT2D eigenvalue weighted by Crippen LogP contribution is 2.55. The topological polar surface area (TPSA) is 18.5 Å². The highest BCUT2D eigenvalue weighted by Gasteiger charge is 2.46. The standard InChI is InChI=1S/C20H30O2/c1-15(2)3-4-16-5-8-19(9-6-16)22-14-21-12-11-18-13-17-7-10-20(17)18/h5-6,8-9,15,17-18,20H,3-4,7,10-14H2,1-2H3. The van der Waals surface area contributed by atoms with Gasteiger partial charge in [0.2, 0.25) is 0 Å². The molecular formula is C20H30O2. The third-order valence-corrected chi connectivity index (χ3v) is 5.56. The SMILES string of the molecule is CC(C)CCc1ccc(OCOCCC2CC3CCC23)cc1. The van der Waals surface area contributed by atoms with Crippen molar-refractivity contribution in [3.8, 4) is 5.75 Å². The van der Waals surface area contributed by atoms with Crippen LogP contribution in [-0.4, -0.2) is 13.4 Å². The predicted molar refractivity (Wildman–Crippen MR) is 90.0 cm³/mol. The van der Waals surface area contributed by atoms with Gasteiger partial charge < -0.3 is 9.47 Å². The summed E-state index contributed by atoms with van der Waals surface area (Å²) in [7, 11) is 0. The molecule has 0 N–H and O–H groups in total. The van der Waals surface area contributed by atoms with Crippen LogP contribution in [0.5, 0.6) is 5.75 Å². The van der Waals surface area contributed by atoms with Gasteiger partial charge in [-0.2, -0.15) is 0 Å². The maximum absolute atomic E-state index is 5.66. The monoisotopic (exact) mass is 302 g/mol. The summed E-state index contributed by atoms with van der Waals surface area (Å²) in [5.41, 5.74) is 1.39. The molecule has 0 aliphatic heterocycles. The molecule has 1 aromatic carbocycles. The Bertz CT molecular complexity index is 451. The van der Waals surface area contributed by atoms with Gasteiger partial charge in [0.25, 0.3) is 0 Å². The quantitative estimate of drug-likeness (QED) is 0.468. The van der Waals surface area contributed by atoms with Crippen LogP contribution in [0.1, 0.15) is 51.5 Å². The van der Waals surface area contributed by atoms with Crippen molar-refractivity contribution < 1.29 is 9.47 Å². The fraction of sp³-hybridized carbons (Fsp3) is 0.700. The van der Waals surface area contributed by atoms with Crippen LogP contribution >= 0.6 is 0 Å². The molecule has 2 aliphatic rings. The molecule has 1 aromatic rings. The molecule has 3 atom stereocenters. The van der Waals surface area contributed by atoms with Crippen LogP contribution < -0.4 is 4.74 Å². The van der Waals surface area contributed by atoms with Crippen molar-refractivity contribution >= 4 is 0 Å². The van der Waals surface area contributed by atoms with Gasteiger partial charge in [-0.25, -0.2) is 0 Å². The Morgan fingerprint density at radius 1 is 1.14 bits per heavy atom. The van der Waals surface area contributed by atoms with E-state index >= 15 is 0 Å². The lowest BCUT2D eigenvalue weighted by Gasteiger charge is -2.53. The van der Waals surface area contributed by atoms with E-state index in [9.17, 15) is 0 Å². The zero-order chi connectivity index (χ0) is 15.4. The summed E-state index contributed by atoms with van der Waals surface area (Å²) in [5.74, 6) is 4.74. The number of ether oxygens (including phenoxy) is 2. The van der Waals surface area contributed by atoms with E-state index in [1.807, 2.05) is 0 Å². The second-order valence-electron chi connectivity index (χ2n) is 7.53. The summed E-state index contributed by atoms with van der Waals surface area (Å²) < 4.78 is 11.3. The van der Waals surface area contributed by atoms with E-state index in [0.717, 1.165) is 42.4 Å². The first-order valence-electron chi connectivity index (χ1n) is 9.02. The molecular weight excluding hydrogens is 272 g/mol. The Kier molecular flexibility index (Phi) is 5.41. The van der Waals surface area contributed by atoms with Crippen molar-refractivity contribution in [2.75, 3.05) is 13.4 Å². The Morgan fingerprint density at radius 3 is 2.55 bits per heavy atom. The highest BCUT2D eigenvalue weighted by molar-refractivity contribution is 5.27. The van der Waals surface area contributed by atoms with Crippen molar-refractivity contribution in [2.24, 2.45) is 23.7 Å². The molecule has 3 unspecified atom stereocenters. The molecule has 0 amide bonds. The zero-order valence-electron chi connectivity index (χ0n) is 14.1. The molecule has 0 aromatic heterocycles. The molecule has 2 aliphatic carbocycles. The summed E-state index contributed by atoms with van der Waals surface area (Å²) in [6.07, 6.45) is 8.02. The minimum absolute atomic E-state index is 0.381. The van der Waals surface area contributed by atoms with E-state index in [1.54, 1.807) is 0 Å². The Morgan fingerprint density at radius 2 is 1.95 bits per heavy atom. The van der Waals surface area contributed by atoms with Gasteiger partial charge in [0.1, 0.15) is 5.75 Å². The van der Waals surface area contributed by atoms with E-state index in [0.29, 0.717) is 6.79 Å². The Labute approximate surface area is 135 Å². The van der Waals surface area contributed by atoms with Gasteiger partial charge in [0.15, 0.2) is 6.79 Å². The van der Waals surface area contributed by atoms with Crippen LogP contribution in [0.2, 0.25) is 0 Å². The van der Waals surface area contributed by atoms with E-state index in [1.165, 1.54) is 37.7 Å². The van der Waals surface area contributed by atoms with Gasteiger partial charge in [0.05, 0.1) is 6.61 Å². The van der Waals surface area contributed by atoms with Crippen LogP contribution in [0.25, 0.3) is 0 Å². The first-order chi connectivity index (χ1) is 10.7.